The van der Waals surface area contributed by atoms with Crippen LogP contribution in [0, 0.1) is 0 Å². The first kappa shape index (κ1) is 20.6. The Hall–Kier alpha value is -2.76. The summed E-state index contributed by atoms with van der Waals surface area (Å²) in [5.74, 6) is -0.0654. The van der Waals surface area contributed by atoms with E-state index in [4.69, 9.17) is 18.9 Å². The highest BCUT2D eigenvalue weighted by atomic mass is 16.6. The van der Waals surface area contributed by atoms with E-state index < -0.39 is 17.5 Å². The Morgan fingerprint density at radius 1 is 1.22 bits per heavy atom. The number of carbonyl (C=O) groups excluding carboxylic acids is 2. The van der Waals surface area contributed by atoms with Crippen molar-refractivity contribution in [2.45, 2.75) is 45.6 Å². The Bertz CT molecular complexity index is 737. The van der Waals surface area contributed by atoms with E-state index in [0.717, 1.165) is 11.3 Å². The maximum absolute atomic E-state index is 12.5. The molecule has 27 heavy (non-hydrogen) atoms. The minimum absolute atomic E-state index is 0.0625. The molecule has 0 spiro atoms. The first-order valence-corrected chi connectivity index (χ1v) is 8.86. The van der Waals surface area contributed by atoms with Gasteiger partial charge in [0.15, 0.2) is 0 Å². The van der Waals surface area contributed by atoms with E-state index in [0.29, 0.717) is 12.2 Å². The quantitative estimate of drug-likeness (QED) is 0.575. The molecule has 0 fully saturated rings. The van der Waals surface area contributed by atoms with Gasteiger partial charge in [0.25, 0.3) is 0 Å². The average Bonchev–Trinajstić information content (AvgIpc) is 2.60. The third kappa shape index (κ3) is 6.16. The Labute approximate surface area is 159 Å². The van der Waals surface area contributed by atoms with Gasteiger partial charge in [-0.3, -0.25) is 0 Å². The SMILES string of the molecule is CCOC(=O)/C=C1/C[C@H](c2ccc(OC)cc2)C=C(C(=O)OC(C)(C)C)O1. The van der Waals surface area contributed by atoms with Crippen LogP contribution in [0.25, 0.3) is 0 Å². The number of hydrogen-bond acceptors (Lipinski definition) is 6. The normalized spacial score (nSPS) is 18.3. The van der Waals surface area contributed by atoms with E-state index in [1.54, 1.807) is 40.9 Å². The molecule has 1 atom stereocenters. The van der Waals surface area contributed by atoms with Crippen LogP contribution in [0.5, 0.6) is 5.75 Å². The number of esters is 2. The van der Waals surface area contributed by atoms with Gasteiger partial charge in [0.1, 0.15) is 17.1 Å². The Balaban J connectivity index is 2.32. The lowest BCUT2D eigenvalue weighted by Gasteiger charge is -2.26. The highest BCUT2D eigenvalue weighted by molar-refractivity contribution is 5.88. The standard InChI is InChI=1S/C21H26O6/c1-6-25-19(22)13-17-11-15(14-7-9-16(24-5)10-8-14)12-18(26-17)20(23)27-21(2,3)4/h7-10,12-13,15H,6,11H2,1-5H3/b17-13-/t15-/m0/s1. The molecule has 0 saturated carbocycles. The maximum Gasteiger partial charge on any atom is 0.374 e. The summed E-state index contributed by atoms with van der Waals surface area (Å²) in [7, 11) is 1.60. The van der Waals surface area contributed by atoms with Crippen molar-refractivity contribution >= 4 is 11.9 Å². The summed E-state index contributed by atoms with van der Waals surface area (Å²) in [6.07, 6.45) is 3.42. The minimum atomic E-state index is -0.653. The predicted molar refractivity (Wildman–Crippen MR) is 100 cm³/mol. The zero-order valence-corrected chi connectivity index (χ0v) is 16.4. The lowest BCUT2D eigenvalue weighted by Crippen LogP contribution is -2.27. The van der Waals surface area contributed by atoms with Gasteiger partial charge in [-0.2, -0.15) is 0 Å². The molecule has 0 bridgehead atoms. The van der Waals surface area contributed by atoms with Crippen LogP contribution >= 0.6 is 0 Å². The van der Waals surface area contributed by atoms with Gasteiger partial charge < -0.3 is 18.9 Å². The first-order valence-electron chi connectivity index (χ1n) is 8.86. The highest BCUT2D eigenvalue weighted by Gasteiger charge is 2.28. The van der Waals surface area contributed by atoms with Crippen molar-refractivity contribution in [3.05, 3.63) is 53.5 Å². The molecule has 0 amide bonds. The monoisotopic (exact) mass is 374 g/mol. The van der Waals surface area contributed by atoms with Gasteiger partial charge in [-0.05, 0) is 51.5 Å². The number of allylic oxidation sites excluding steroid dienone is 2. The summed E-state index contributed by atoms with van der Waals surface area (Å²) in [5.41, 5.74) is 0.314. The van der Waals surface area contributed by atoms with Crippen LogP contribution in [-0.4, -0.2) is 31.3 Å². The zero-order valence-electron chi connectivity index (χ0n) is 16.4. The molecule has 0 unspecified atom stereocenters. The van der Waals surface area contributed by atoms with Crippen LogP contribution in [-0.2, 0) is 23.8 Å². The molecule has 0 aliphatic carbocycles. The Morgan fingerprint density at radius 3 is 2.44 bits per heavy atom. The van der Waals surface area contributed by atoms with Gasteiger partial charge in [-0.25, -0.2) is 9.59 Å². The molecule has 0 aromatic heterocycles. The first-order chi connectivity index (χ1) is 12.7. The molecule has 1 aromatic carbocycles. The molecule has 1 aliphatic heterocycles. The smallest absolute Gasteiger partial charge is 0.374 e. The number of methoxy groups -OCH3 is 1. The van der Waals surface area contributed by atoms with Crippen molar-refractivity contribution < 1.29 is 28.5 Å². The van der Waals surface area contributed by atoms with Crippen molar-refractivity contribution in [2.24, 2.45) is 0 Å². The fourth-order valence-corrected chi connectivity index (χ4v) is 2.58. The van der Waals surface area contributed by atoms with Crippen LogP contribution in [0.1, 0.15) is 45.6 Å². The largest absolute Gasteiger partial charge is 0.497 e. The Kier molecular flexibility index (Phi) is 6.66. The van der Waals surface area contributed by atoms with Gasteiger partial charge in [0.2, 0.25) is 5.76 Å². The summed E-state index contributed by atoms with van der Waals surface area (Å²) < 4.78 is 21.2. The summed E-state index contributed by atoms with van der Waals surface area (Å²) in [5, 5.41) is 0. The van der Waals surface area contributed by atoms with Crippen LogP contribution in [0.2, 0.25) is 0 Å². The lowest BCUT2D eigenvalue weighted by atomic mass is 9.92. The van der Waals surface area contributed by atoms with E-state index >= 15 is 0 Å². The molecule has 1 heterocycles. The second-order valence-corrected chi connectivity index (χ2v) is 7.08. The molecule has 6 heteroatoms. The molecular weight excluding hydrogens is 348 g/mol. The third-order valence-electron chi connectivity index (χ3n) is 3.72. The summed E-state index contributed by atoms with van der Waals surface area (Å²) in [4.78, 5) is 24.3. The van der Waals surface area contributed by atoms with Gasteiger partial charge >= 0.3 is 11.9 Å². The fourth-order valence-electron chi connectivity index (χ4n) is 2.58. The van der Waals surface area contributed by atoms with Crippen molar-refractivity contribution in [1.29, 1.82) is 0 Å². The van der Waals surface area contributed by atoms with Gasteiger partial charge in [0, 0.05) is 12.3 Å². The molecule has 0 radical (unpaired) electrons. The lowest BCUT2D eigenvalue weighted by molar-refractivity contribution is -0.154. The van der Waals surface area contributed by atoms with Crippen molar-refractivity contribution in [2.75, 3.05) is 13.7 Å². The number of carbonyl (C=O) groups is 2. The molecule has 1 aliphatic rings. The van der Waals surface area contributed by atoms with Crippen molar-refractivity contribution in [1.82, 2.24) is 0 Å². The van der Waals surface area contributed by atoms with E-state index in [1.165, 1.54) is 6.08 Å². The van der Waals surface area contributed by atoms with Gasteiger partial charge in [0.05, 0.1) is 19.8 Å². The van der Waals surface area contributed by atoms with Crippen molar-refractivity contribution in [3.63, 3.8) is 0 Å². The van der Waals surface area contributed by atoms with Crippen LogP contribution in [0.3, 0.4) is 0 Å². The molecule has 1 aromatic rings. The predicted octanol–water partition coefficient (Wildman–Crippen LogP) is 3.87. The maximum atomic E-state index is 12.5. The summed E-state index contributed by atoms with van der Waals surface area (Å²) in [6, 6.07) is 7.53. The third-order valence-corrected chi connectivity index (χ3v) is 3.72. The molecule has 0 N–H and O–H groups in total. The molecule has 6 nitrogen and oxygen atoms in total. The summed E-state index contributed by atoms with van der Waals surface area (Å²) in [6.45, 7) is 7.34. The topological polar surface area (TPSA) is 71.1 Å². The molecule has 2 rings (SSSR count). The molecular formula is C21H26O6. The number of rotatable bonds is 5. The summed E-state index contributed by atoms with van der Waals surface area (Å²) >= 11 is 0. The second kappa shape index (κ2) is 8.75. The zero-order chi connectivity index (χ0) is 20.0. The number of ether oxygens (including phenoxy) is 4. The molecule has 146 valence electrons. The fraction of sp³-hybridized carbons (Fsp3) is 0.429. The highest BCUT2D eigenvalue weighted by Crippen LogP contribution is 2.34. The van der Waals surface area contributed by atoms with Gasteiger partial charge in [-0.15, -0.1) is 0 Å². The van der Waals surface area contributed by atoms with Crippen LogP contribution < -0.4 is 4.74 Å². The number of benzene rings is 1. The second-order valence-electron chi connectivity index (χ2n) is 7.08. The van der Waals surface area contributed by atoms with Crippen LogP contribution in [0.4, 0.5) is 0 Å². The van der Waals surface area contributed by atoms with E-state index in [2.05, 4.69) is 0 Å². The van der Waals surface area contributed by atoms with E-state index in [9.17, 15) is 9.59 Å². The average molecular weight is 374 g/mol. The minimum Gasteiger partial charge on any atom is -0.497 e. The van der Waals surface area contributed by atoms with Gasteiger partial charge in [-0.1, -0.05) is 12.1 Å². The van der Waals surface area contributed by atoms with E-state index in [1.807, 2.05) is 24.3 Å². The van der Waals surface area contributed by atoms with Crippen molar-refractivity contribution in [3.8, 4) is 5.75 Å². The molecule has 0 saturated heterocycles. The number of hydrogen-bond donors (Lipinski definition) is 0. The van der Waals surface area contributed by atoms with E-state index in [-0.39, 0.29) is 18.3 Å². The Morgan fingerprint density at radius 2 is 1.89 bits per heavy atom. The van der Waals surface area contributed by atoms with Crippen LogP contribution in [0.15, 0.2) is 47.9 Å².